The van der Waals surface area contributed by atoms with Crippen molar-refractivity contribution in [2.24, 2.45) is 5.73 Å². The predicted octanol–water partition coefficient (Wildman–Crippen LogP) is 1.82. The van der Waals surface area contributed by atoms with E-state index in [0.717, 1.165) is 16.5 Å². The minimum atomic E-state index is -0.473. The number of aliphatic hydroxyl groups excluding tert-OH is 1. The van der Waals surface area contributed by atoms with Gasteiger partial charge in [-0.15, -0.1) is 0 Å². The van der Waals surface area contributed by atoms with Crippen molar-refractivity contribution in [2.75, 3.05) is 6.54 Å². The second-order valence-corrected chi connectivity index (χ2v) is 3.31. The minimum absolute atomic E-state index is 0.473. The van der Waals surface area contributed by atoms with Crippen LogP contribution in [0.2, 0.25) is 0 Å². The molecule has 0 saturated heterocycles. The maximum atomic E-state index is 9.71. The molecular formula is C11H13NO2. The van der Waals surface area contributed by atoms with Crippen molar-refractivity contribution in [1.29, 1.82) is 0 Å². The summed E-state index contributed by atoms with van der Waals surface area (Å²) in [5, 5.41) is 10.7. The molecule has 1 aromatic heterocycles. The van der Waals surface area contributed by atoms with Crippen LogP contribution in [-0.2, 0) is 0 Å². The summed E-state index contributed by atoms with van der Waals surface area (Å²) < 4.78 is 5.21. The van der Waals surface area contributed by atoms with Crippen LogP contribution in [0.5, 0.6) is 0 Å². The number of benzene rings is 1. The van der Waals surface area contributed by atoms with E-state index in [-0.39, 0.29) is 0 Å². The Morgan fingerprint density at radius 1 is 1.36 bits per heavy atom. The van der Waals surface area contributed by atoms with Crippen LogP contribution in [0, 0.1) is 0 Å². The van der Waals surface area contributed by atoms with E-state index in [9.17, 15) is 5.11 Å². The van der Waals surface area contributed by atoms with Crippen molar-refractivity contribution in [3.8, 4) is 0 Å². The average molecular weight is 191 g/mol. The van der Waals surface area contributed by atoms with E-state index in [0.29, 0.717) is 13.0 Å². The molecule has 0 spiro atoms. The van der Waals surface area contributed by atoms with E-state index in [1.54, 1.807) is 6.26 Å². The molecule has 1 unspecified atom stereocenters. The lowest BCUT2D eigenvalue weighted by atomic mass is 10.1. The molecule has 0 aliphatic carbocycles. The highest BCUT2D eigenvalue weighted by atomic mass is 16.3. The van der Waals surface area contributed by atoms with Gasteiger partial charge in [-0.25, -0.2) is 0 Å². The third kappa shape index (κ3) is 1.64. The summed E-state index contributed by atoms with van der Waals surface area (Å²) in [4.78, 5) is 0. The highest BCUT2D eigenvalue weighted by Gasteiger charge is 2.07. The first-order valence-electron chi connectivity index (χ1n) is 4.66. The van der Waals surface area contributed by atoms with Gasteiger partial charge in [0.05, 0.1) is 12.4 Å². The van der Waals surface area contributed by atoms with Crippen LogP contribution in [0.25, 0.3) is 11.0 Å². The lowest BCUT2D eigenvalue weighted by molar-refractivity contribution is 0.170. The summed E-state index contributed by atoms with van der Waals surface area (Å²) in [5.41, 5.74) is 7.12. The molecule has 0 aliphatic rings. The molecule has 2 rings (SSSR count). The van der Waals surface area contributed by atoms with Crippen molar-refractivity contribution in [3.63, 3.8) is 0 Å². The molecule has 3 nitrogen and oxygen atoms in total. The number of hydrogen-bond acceptors (Lipinski definition) is 3. The molecule has 3 N–H and O–H groups in total. The second-order valence-electron chi connectivity index (χ2n) is 3.31. The van der Waals surface area contributed by atoms with E-state index in [1.165, 1.54) is 0 Å². The highest BCUT2D eigenvalue weighted by molar-refractivity contribution is 5.77. The average Bonchev–Trinajstić information content (AvgIpc) is 2.64. The van der Waals surface area contributed by atoms with Gasteiger partial charge >= 0.3 is 0 Å². The SMILES string of the molecule is NCCC(O)c1ccc2occc2c1. The third-order valence-corrected chi connectivity index (χ3v) is 2.30. The summed E-state index contributed by atoms with van der Waals surface area (Å²) in [6.45, 7) is 0.491. The Morgan fingerprint density at radius 2 is 2.21 bits per heavy atom. The fourth-order valence-corrected chi connectivity index (χ4v) is 1.52. The summed E-state index contributed by atoms with van der Waals surface area (Å²) in [6.07, 6.45) is 1.76. The van der Waals surface area contributed by atoms with Crippen molar-refractivity contribution in [3.05, 3.63) is 36.1 Å². The molecule has 1 atom stereocenters. The van der Waals surface area contributed by atoms with Crippen LogP contribution in [-0.4, -0.2) is 11.7 Å². The number of hydrogen-bond donors (Lipinski definition) is 2. The van der Waals surface area contributed by atoms with Gasteiger partial charge in [0.25, 0.3) is 0 Å². The van der Waals surface area contributed by atoms with Gasteiger partial charge in [0.15, 0.2) is 0 Å². The zero-order valence-electron chi connectivity index (χ0n) is 7.81. The molecule has 0 amide bonds. The first-order chi connectivity index (χ1) is 6.81. The Labute approximate surface area is 82.1 Å². The topological polar surface area (TPSA) is 59.4 Å². The zero-order chi connectivity index (χ0) is 9.97. The van der Waals surface area contributed by atoms with Gasteiger partial charge in [-0.3, -0.25) is 0 Å². The van der Waals surface area contributed by atoms with Crippen LogP contribution < -0.4 is 5.73 Å². The number of aliphatic hydroxyl groups is 1. The summed E-state index contributed by atoms with van der Waals surface area (Å²) in [7, 11) is 0. The van der Waals surface area contributed by atoms with Crippen LogP contribution in [0.4, 0.5) is 0 Å². The Bertz CT molecular complexity index is 422. The van der Waals surface area contributed by atoms with Gasteiger partial charge in [-0.1, -0.05) is 6.07 Å². The summed E-state index contributed by atoms with van der Waals surface area (Å²) in [5.74, 6) is 0. The first kappa shape index (κ1) is 9.24. The van der Waals surface area contributed by atoms with Crippen LogP contribution in [0.15, 0.2) is 34.9 Å². The van der Waals surface area contributed by atoms with Crippen molar-refractivity contribution >= 4 is 11.0 Å². The zero-order valence-corrected chi connectivity index (χ0v) is 7.81. The van der Waals surface area contributed by atoms with E-state index in [4.69, 9.17) is 10.2 Å². The monoisotopic (exact) mass is 191 g/mol. The fourth-order valence-electron chi connectivity index (χ4n) is 1.52. The van der Waals surface area contributed by atoms with Crippen LogP contribution in [0.3, 0.4) is 0 Å². The van der Waals surface area contributed by atoms with E-state index >= 15 is 0 Å². The van der Waals surface area contributed by atoms with Gasteiger partial charge in [0.2, 0.25) is 0 Å². The molecule has 0 fully saturated rings. The maximum Gasteiger partial charge on any atom is 0.133 e. The number of rotatable bonds is 3. The van der Waals surface area contributed by atoms with Gasteiger partial charge in [-0.2, -0.15) is 0 Å². The molecule has 0 aliphatic heterocycles. The maximum absolute atomic E-state index is 9.71. The first-order valence-corrected chi connectivity index (χ1v) is 4.66. The second kappa shape index (κ2) is 3.82. The van der Waals surface area contributed by atoms with Crippen molar-refractivity contribution in [1.82, 2.24) is 0 Å². The molecule has 1 aromatic carbocycles. The van der Waals surface area contributed by atoms with Crippen molar-refractivity contribution in [2.45, 2.75) is 12.5 Å². The molecule has 1 heterocycles. The minimum Gasteiger partial charge on any atom is -0.464 e. The molecular weight excluding hydrogens is 178 g/mol. The Morgan fingerprint density at radius 3 is 3.00 bits per heavy atom. The molecule has 0 bridgehead atoms. The summed E-state index contributed by atoms with van der Waals surface area (Å²) >= 11 is 0. The smallest absolute Gasteiger partial charge is 0.133 e. The number of nitrogens with two attached hydrogens (primary N) is 1. The lowest BCUT2D eigenvalue weighted by Gasteiger charge is -2.08. The standard InChI is InChI=1S/C11H13NO2/c12-5-3-10(13)8-1-2-11-9(7-8)4-6-14-11/h1-2,4,6-7,10,13H,3,5,12H2. The Balaban J connectivity index is 2.33. The van der Waals surface area contributed by atoms with Gasteiger partial charge in [0.1, 0.15) is 5.58 Å². The Kier molecular flexibility index (Phi) is 2.52. The predicted molar refractivity (Wildman–Crippen MR) is 54.8 cm³/mol. The van der Waals surface area contributed by atoms with E-state index in [2.05, 4.69) is 0 Å². The van der Waals surface area contributed by atoms with Gasteiger partial charge in [0, 0.05) is 5.39 Å². The molecule has 14 heavy (non-hydrogen) atoms. The largest absolute Gasteiger partial charge is 0.464 e. The molecule has 0 radical (unpaired) electrons. The van der Waals surface area contributed by atoms with Gasteiger partial charge < -0.3 is 15.3 Å². The molecule has 0 saturated carbocycles. The quantitative estimate of drug-likeness (QED) is 0.777. The van der Waals surface area contributed by atoms with Gasteiger partial charge in [-0.05, 0) is 36.7 Å². The number of furan rings is 1. The fraction of sp³-hybridized carbons (Fsp3) is 0.273. The lowest BCUT2D eigenvalue weighted by Crippen LogP contribution is -2.06. The normalized spacial score (nSPS) is 13.3. The summed E-state index contributed by atoms with van der Waals surface area (Å²) in [6, 6.07) is 7.55. The van der Waals surface area contributed by atoms with Crippen LogP contribution in [0.1, 0.15) is 18.1 Å². The van der Waals surface area contributed by atoms with E-state index < -0.39 is 6.10 Å². The molecule has 3 heteroatoms. The molecule has 74 valence electrons. The Hall–Kier alpha value is -1.32. The van der Waals surface area contributed by atoms with Crippen molar-refractivity contribution < 1.29 is 9.52 Å². The molecule has 2 aromatic rings. The third-order valence-electron chi connectivity index (χ3n) is 2.30. The van der Waals surface area contributed by atoms with Crippen LogP contribution >= 0.6 is 0 Å². The van der Waals surface area contributed by atoms with E-state index in [1.807, 2.05) is 24.3 Å². The highest BCUT2D eigenvalue weighted by Crippen LogP contribution is 2.22. The number of fused-ring (bicyclic) bond motifs is 1.